The van der Waals surface area contributed by atoms with Crippen LogP contribution in [0.2, 0.25) is 0 Å². The highest BCUT2D eigenvalue weighted by molar-refractivity contribution is 5.64. The number of amides is 1. The Balaban J connectivity index is 2.16. The summed E-state index contributed by atoms with van der Waals surface area (Å²) in [6.07, 6.45) is -0.327. The molecule has 0 aliphatic carbocycles. The van der Waals surface area contributed by atoms with Crippen molar-refractivity contribution < 1.29 is 15.0 Å². The molecule has 0 unspecified atom stereocenters. The van der Waals surface area contributed by atoms with E-state index in [1.54, 1.807) is 7.05 Å². The second-order valence-electron chi connectivity index (χ2n) is 3.45. The first-order chi connectivity index (χ1) is 6.09. The molecule has 5 nitrogen and oxygen atoms in total. The Morgan fingerprint density at radius 2 is 2.38 bits per heavy atom. The summed E-state index contributed by atoms with van der Waals surface area (Å²) in [5.41, 5.74) is 0. The predicted molar refractivity (Wildman–Crippen MR) is 47.7 cm³/mol. The van der Waals surface area contributed by atoms with Crippen molar-refractivity contribution in [3.63, 3.8) is 0 Å². The Morgan fingerprint density at radius 3 is 2.85 bits per heavy atom. The van der Waals surface area contributed by atoms with Gasteiger partial charge in [-0.3, -0.25) is 4.90 Å². The van der Waals surface area contributed by atoms with Gasteiger partial charge in [-0.05, 0) is 6.42 Å². The van der Waals surface area contributed by atoms with Gasteiger partial charge < -0.3 is 15.1 Å². The summed E-state index contributed by atoms with van der Waals surface area (Å²) in [6, 6.07) is 0. The fraction of sp³-hybridized carbons (Fsp3) is 0.875. The Hall–Kier alpha value is -0.810. The van der Waals surface area contributed by atoms with E-state index in [4.69, 9.17) is 5.11 Å². The van der Waals surface area contributed by atoms with Gasteiger partial charge in [0, 0.05) is 33.2 Å². The number of carboxylic acid groups (broad SMARTS) is 1. The third-order valence-corrected chi connectivity index (χ3v) is 2.33. The van der Waals surface area contributed by atoms with Gasteiger partial charge >= 0.3 is 6.09 Å². The number of β-amino-alcohol motifs (C(OH)–C–C–N with tert-alkyl or cyclic N) is 1. The third kappa shape index (κ3) is 3.20. The number of likely N-dealkylation sites (tertiary alicyclic amines) is 1. The zero-order chi connectivity index (χ0) is 9.84. The molecule has 2 N–H and O–H groups in total. The third-order valence-electron chi connectivity index (χ3n) is 2.33. The van der Waals surface area contributed by atoms with Crippen LogP contribution in [-0.2, 0) is 0 Å². The zero-order valence-electron chi connectivity index (χ0n) is 7.81. The van der Waals surface area contributed by atoms with Crippen LogP contribution in [0.1, 0.15) is 6.42 Å². The standard InChI is InChI=1S/C8H16N2O3/c1-9(8(12)13)4-5-10-3-2-7(11)6-10/h7,11H,2-6H2,1H3,(H,12,13)/t7-/m1/s1. The van der Waals surface area contributed by atoms with Gasteiger partial charge in [-0.2, -0.15) is 0 Å². The first-order valence-corrected chi connectivity index (χ1v) is 4.44. The summed E-state index contributed by atoms with van der Waals surface area (Å²) in [6.45, 7) is 2.75. The second kappa shape index (κ2) is 4.43. The maximum atomic E-state index is 10.4. The summed E-state index contributed by atoms with van der Waals surface area (Å²) in [5, 5.41) is 17.8. The number of carbonyl (C=O) groups is 1. The molecule has 1 aliphatic rings. The van der Waals surface area contributed by atoms with E-state index in [0.29, 0.717) is 19.6 Å². The van der Waals surface area contributed by atoms with E-state index >= 15 is 0 Å². The van der Waals surface area contributed by atoms with E-state index in [1.165, 1.54) is 4.90 Å². The van der Waals surface area contributed by atoms with E-state index in [0.717, 1.165) is 13.0 Å². The van der Waals surface area contributed by atoms with Crippen LogP contribution in [0.25, 0.3) is 0 Å². The van der Waals surface area contributed by atoms with Gasteiger partial charge in [0.25, 0.3) is 0 Å². The fourth-order valence-corrected chi connectivity index (χ4v) is 1.40. The molecular weight excluding hydrogens is 172 g/mol. The lowest BCUT2D eigenvalue weighted by Crippen LogP contribution is -2.34. The average molecular weight is 188 g/mol. The first kappa shape index (κ1) is 10.3. The molecule has 5 heteroatoms. The molecule has 0 aromatic rings. The van der Waals surface area contributed by atoms with Gasteiger partial charge in [0.1, 0.15) is 0 Å². The van der Waals surface area contributed by atoms with E-state index in [-0.39, 0.29) is 6.10 Å². The zero-order valence-corrected chi connectivity index (χ0v) is 7.81. The Labute approximate surface area is 77.6 Å². The van der Waals surface area contributed by atoms with Crippen molar-refractivity contribution in [2.45, 2.75) is 12.5 Å². The van der Waals surface area contributed by atoms with Crippen molar-refractivity contribution in [1.29, 1.82) is 0 Å². The fourth-order valence-electron chi connectivity index (χ4n) is 1.40. The highest BCUT2D eigenvalue weighted by Crippen LogP contribution is 2.07. The largest absolute Gasteiger partial charge is 0.465 e. The molecule has 0 bridgehead atoms. The molecule has 1 aliphatic heterocycles. The summed E-state index contributed by atoms with van der Waals surface area (Å²) in [7, 11) is 1.55. The summed E-state index contributed by atoms with van der Waals surface area (Å²) in [4.78, 5) is 13.8. The minimum atomic E-state index is -0.903. The molecule has 0 aromatic carbocycles. The van der Waals surface area contributed by atoms with Crippen LogP contribution in [0.3, 0.4) is 0 Å². The molecule has 1 amide bonds. The van der Waals surface area contributed by atoms with Crippen LogP contribution in [-0.4, -0.2) is 65.4 Å². The summed E-state index contributed by atoms with van der Waals surface area (Å²) < 4.78 is 0. The van der Waals surface area contributed by atoms with Crippen LogP contribution in [0.4, 0.5) is 4.79 Å². The summed E-state index contributed by atoms with van der Waals surface area (Å²) in [5.74, 6) is 0. The molecule has 0 spiro atoms. The number of nitrogens with zero attached hydrogens (tertiary/aromatic N) is 2. The van der Waals surface area contributed by atoms with Gasteiger partial charge in [0.2, 0.25) is 0 Å². The number of hydrogen-bond donors (Lipinski definition) is 2. The van der Waals surface area contributed by atoms with Crippen molar-refractivity contribution in [3.8, 4) is 0 Å². The average Bonchev–Trinajstić information content (AvgIpc) is 2.47. The van der Waals surface area contributed by atoms with Gasteiger partial charge in [0.15, 0.2) is 0 Å². The normalized spacial score (nSPS) is 23.4. The first-order valence-electron chi connectivity index (χ1n) is 4.44. The number of rotatable bonds is 3. The smallest absolute Gasteiger partial charge is 0.407 e. The molecule has 1 heterocycles. The van der Waals surface area contributed by atoms with Crippen molar-refractivity contribution in [2.24, 2.45) is 0 Å². The topological polar surface area (TPSA) is 64.0 Å². The molecule has 1 atom stereocenters. The lowest BCUT2D eigenvalue weighted by Gasteiger charge is -2.18. The molecule has 0 saturated carbocycles. The lowest BCUT2D eigenvalue weighted by molar-refractivity contribution is 0.146. The van der Waals surface area contributed by atoms with Crippen LogP contribution in [0.15, 0.2) is 0 Å². The molecule has 76 valence electrons. The number of likely N-dealkylation sites (N-methyl/N-ethyl adjacent to an activating group) is 1. The number of hydrogen-bond acceptors (Lipinski definition) is 3. The second-order valence-corrected chi connectivity index (χ2v) is 3.45. The molecule has 0 aromatic heterocycles. The van der Waals surface area contributed by atoms with Crippen LogP contribution in [0.5, 0.6) is 0 Å². The van der Waals surface area contributed by atoms with Crippen molar-refractivity contribution in [1.82, 2.24) is 9.80 Å². The minimum absolute atomic E-state index is 0.227. The maximum absolute atomic E-state index is 10.4. The summed E-state index contributed by atoms with van der Waals surface area (Å²) >= 11 is 0. The van der Waals surface area contributed by atoms with Crippen molar-refractivity contribution in [3.05, 3.63) is 0 Å². The molecule has 13 heavy (non-hydrogen) atoms. The molecule has 1 saturated heterocycles. The van der Waals surface area contributed by atoms with Crippen LogP contribution >= 0.6 is 0 Å². The Morgan fingerprint density at radius 1 is 1.69 bits per heavy atom. The Bertz CT molecular complexity index is 186. The molecule has 1 fully saturated rings. The van der Waals surface area contributed by atoms with Gasteiger partial charge in [-0.1, -0.05) is 0 Å². The molecule has 0 radical (unpaired) electrons. The Kier molecular flexibility index (Phi) is 3.50. The van der Waals surface area contributed by atoms with Crippen molar-refractivity contribution >= 4 is 6.09 Å². The monoisotopic (exact) mass is 188 g/mol. The number of aliphatic hydroxyl groups is 1. The van der Waals surface area contributed by atoms with E-state index in [9.17, 15) is 9.90 Å². The quantitative estimate of drug-likeness (QED) is 0.636. The van der Waals surface area contributed by atoms with Crippen LogP contribution in [0, 0.1) is 0 Å². The number of aliphatic hydroxyl groups excluding tert-OH is 1. The highest BCUT2D eigenvalue weighted by atomic mass is 16.4. The maximum Gasteiger partial charge on any atom is 0.407 e. The van der Waals surface area contributed by atoms with E-state index in [2.05, 4.69) is 4.90 Å². The minimum Gasteiger partial charge on any atom is -0.465 e. The van der Waals surface area contributed by atoms with E-state index in [1.807, 2.05) is 0 Å². The van der Waals surface area contributed by atoms with E-state index < -0.39 is 6.09 Å². The SMILES string of the molecule is CN(CCN1CC[C@@H](O)C1)C(=O)O. The predicted octanol–water partition coefficient (Wildman–Crippen LogP) is -0.337. The van der Waals surface area contributed by atoms with Gasteiger partial charge in [-0.15, -0.1) is 0 Å². The molecule has 1 rings (SSSR count). The van der Waals surface area contributed by atoms with Gasteiger partial charge in [-0.25, -0.2) is 4.79 Å². The van der Waals surface area contributed by atoms with Crippen LogP contribution < -0.4 is 0 Å². The van der Waals surface area contributed by atoms with Crippen molar-refractivity contribution in [2.75, 3.05) is 33.2 Å². The molecular formula is C8H16N2O3. The lowest BCUT2D eigenvalue weighted by atomic mass is 10.3. The highest BCUT2D eigenvalue weighted by Gasteiger charge is 2.20. The van der Waals surface area contributed by atoms with Gasteiger partial charge in [0.05, 0.1) is 6.10 Å².